The zero-order valence-corrected chi connectivity index (χ0v) is 7.91. The third-order valence-corrected chi connectivity index (χ3v) is 1.72. The van der Waals surface area contributed by atoms with Crippen LogP contribution >= 0.6 is 0 Å². The molecule has 0 unspecified atom stereocenters. The Morgan fingerprint density at radius 2 is 1.77 bits per heavy atom. The van der Waals surface area contributed by atoms with Crippen LogP contribution in [0.4, 0.5) is 0 Å². The van der Waals surface area contributed by atoms with Gasteiger partial charge in [0.15, 0.2) is 0 Å². The summed E-state index contributed by atoms with van der Waals surface area (Å²) >= 11 is 0. The molecule has 0 atom stereocenters. The first-order valence-electron chi connectivity index (χ1n) is 4.75. The molecule has 0 radical (unpaired) electrons. The van der Waals surface area contributed by atoms with Crippen molar-refractivity contribution in [3.8, 4) is 0 Å². The van der Waals surface area contributed by atoms with E-state index in [4.69, 9.17) is 10.2 Å². The van der Waals surface area contributed by atoms with E-state index in [2.05, 4.69) is 0 Å². The summed E-state index contributed by atoms with van der Waals surface area (Å²) in [7, 11) is 0. The molecule has 0 heterocycles. The number of allylic oxidation sites excluding steroid dienone is 1. The van der Waals surface area contributed by atoms with E-state index >= 15 is 0 Å². The highest BCUT2D eigenvalue weighted by Gasteiger charge is 1.94. The van der Waals surface area contributed by atoms with Gasteiger partial charge in [0.05, 0.1) is 0 Å². The Morgan fingerprint density at radius 1 is 1.08 bits per heavy atom. The van der Waals surface area contributed by atoms with Gasteiger partial charge < -0.3 is 10.2 Å². The van der Waals surface area contributed by atoms with Crippen LogP contribution in [-0.4, -0.2) is 22.8 Å². The molecule has 3 nitrogen and oxygen atoms in total. The Labute approximate surface area is 79.1 Å². The monoisotopic (exact) mass is 186 g/mol. The molecule has 0 aliphatic rings. The quantitative estimate of drug-likeness (QED) is 0.450. The van der Waals surface area contributed by atoms with Crippen LogP contribution < -0.4 is 0 Å². The first kappa shape index (κ1) is 12.2. The minimum Gasteiger partial charge on any atom is -0.481 e. The van der Waals surface area contributed by atoms with E-state index in [9.17, 15) is 4.79 Å². The lowest BCUT2D eigenvalue weighted by Crippen LogP contribution is -1.93. The summed E-state index contributed by atoms with van der Waals surface area (Å²) in [6.07, 6.45) is 8.75. The fourth-order valence-corrected chi connectivity index (χ4v) is 1.03. The van der Waals surface area contributed by atoms with Crippen molar-refractivity contribution in [1.29, 1.82) is 0 Å². The van der Waals surface area contributed by atoms with Crippen LogP contribution in [0, 0.1) is 0 Å². The number of hydrogen-bond donors (Lipinski definition) is 2. The van der Waals surface area contributed by atoms with Gasteiger partial charge in [-0.2, -0.15) is 0 Å². The highest BCUT2D eigenvalue weighted by atomic mass is 16.4. The van der Waals surface area contributed by atoms with Crippen LogP contribution in [0.25, 0.3) is 0 Å². The second kappa shape index (κ2) is 9.26. The molecule has 13 heavy (non-hydrogen) atoms. The van der Waals surface area contributed by atoms with Crippen LogP contribution in [0.1, 0.15) is 38.5 Å². The Balaban J connectivity index is 3.03. The minimum absolute atomic E-state index is 0.204. The van der Waals surface area contributed by atoms with Crippen LogP contribution in [-0.2, 0) is 4.79 Å². The van der Waals surface area contributed by atoms with Crippen LogP contribution in [0.5, 0.6) is 0 Å². The average molecular weight is 186 g/mol. The van der Waals surface area contributed by atoms with Crippen LogP contribution in [0.15, 0.2) is 12.2 Å². The summed E-state index contributed by atoms with van der Waals surface area (Å²) in [6.45, 7) is 0.204. The molecule has 0 saturated carbocycles. The van der Waals surface area contributed by atoms with Gasteiger partial charge in [0.1, 0.15) is 0 Å². The molecule has 0 rings (SSSR count). The van der Waals surface area contributed by atoms with Crippen molar-refractivity contribution in [2.45, 2.75) is 38.5 Å². The lowest BCUT2D eigenvalue weighted by molar-refractivity contribution is -0.137. The molecule has 0 bridgehead atoms. The van der Waals surface area contributed by atoms with Crippen molar-refractivity contribution in [3.63, 3.8) is 0 Å². The highest BCUT2D eigenvalue weighted by Crippen LogP contribution is 2.03. The molecule has 0 spiro atoms. The SMILES string of the molecule is O=C(O)CCCCC/C=C/CCO. The second-order valence-corrected chi connectivity index (χ2v) is 2.98. The molecule has 0 aromatic heterocycles. The molecule has 0 aliphatic heterocycles. The molecule has 0 fully saturated rings. The first-order valence-corrected chi connectivity index (χ1v) is 4.75. The van der Waals surface area contributed by atoms with Crippen molar-refractivity contribution >= 4 is 5.97 Å². The summed E-state index contributed by atoms with van der Waals surface area (Å²) < 4.78 is 0. The fourth-order valence-electron chi connectivity index (χ4n) is 1.03. The molecule has 0 saturated heterocycles. The number of aliphatic hydroxyl groups excluding tert-OH is 1. The number of hydrogen-bond acceptors (Lipinski definition) is 2. The van der Waals surface area contributed by atoms with E-state index in [-0.39, 0.29) is 13.0 Å². The molecule has 0 amide bonds. The first-order chi connectivity index (χ1) is 6.27. The minimum atomic E-state index is -0.712. The van der Waals surface area contributed by atoms with Gasteiger partial charge in [-0.1, -0.05) is 18.6 Å². The Bertz CT molecular complexity index is 152. The fraction of sp³-hybridized carbons (Fsp3) is 0.700. The van der Waals surface area contributed by atoms with Gasteiger partial charge >= 0.3 is 5.97 Å². The molecule has 0 aromatic rings. The number of carbonyl (C=O) groups is 1. The Kier molecular flexibility index (Phi) is 8.67. The predicted molar refractivity (Wildman–Crippen MR) is 51.6 cm³/mol. The maximum atomic E-state index is 10.1. The van der Waals surface area contributed by atoms with Crippen molar-refractivity contribution in [2.24, 2.45) is 0 Å². The number of unbranched alkanes of at least 4 members (excludes halogenated alkanes) is 3. The van der Waals surface area contributed by atoms with Gasteiger partial charge in [-0.3, -0.25) is 4.79 Å². The van der Waals surface area contributed by atoms with E-state index in [1.807, 2.05) is 12.2 Å². The lowest BCUT2D eigenvalue weighted by Gasteiger charge is -1.94. The molecule has 2 N–H and O–H groups in total. The molecular formula is C10H18O3. The van der Waals surface area contributed by atoms with Gasteiger partial charge in [-0.05, 0) is 25.7 Å². The van der Waals surface area contributed by atoms with Gasteiger partial charge in [0, 0.05) is 13.0 Å². The van der Waals surface area contributed by atoms with Crippen molar-refractivity contribution in [2.75, 3.05) is 6.61 Å². The van der Waals surface area contributed by atoms with Gasteiger partial charge in [-0.15, -0.1) is 0 Å². The summed E-state index contributed by atoms with van der Waals surface area (Å²) in [4.78, 5) is 10.1. The number of aliphatic hydroxyl groups is 1. The van der Waals surface area contributed by atoms with E-state index in [0.29, 0.717) is 0 Å². The maximum Gasteiger partial charge on any atom is 0.303 e. The summed E-state index contributed by atoms with van der Waals surface area (Å²) in [5.41, 5.74) is 0. The van der Waals surface area contributed by atoms with Gasteiger partial charge in [0.25, 0.3) is 0 Å². The van der Waals surface area contributed by atoms with Gasteiger partial charge in [-0.25, -0.2) is 0 Å². The summed E-state index contributed by atoms with van der Waals surface area (Å²) in [5.74, 6) is -0.712. The smallest absolute Gasteiger partial charge is 0.303 e. The van der Waals surface area contributed by atoms with Crippen LogP contribution in [0.3, 0.4) is 0 Å². The van der Waals surface area contributed by atoms with Gasteiger partial charge in [0.2, 0.25) is 0 Å². The average Bonchev–Trinajstić information content (AvgIpc) is 2.09. The molecular weight excluding hydrogens is 168 g/mol. The predicted octanol–water partition coefficient (Wildman–Crippen LogP) is 1.96. The Hall–Kier alpha value is -0.830. The van der Waals surface area contributed by atoms with E-state index in [1.165, 1.54) is 0 Å². The normalized spacial score (nSPS) is 10.8. The van der Waals surface area contributed by atoms with Crippen molar-refractivity contribution < 1.29 is 15.0 Å². The zero-order valence-electron chi connectivity index (χ0n) is 7.91. The standard InChI is InChI=1S/C10H18O3/c11-9-7-5-3-1-2-4-6-8-10(12)13/h3,5,11H,1-2,4,6-9H2,(H,12,13)/b5-3+. The summed E-state index contributed by atoms with van der Waals surface area (Å²) in [6, 6.07) is 0. The van der Waals surface area contributed by atoms with Crippen LogP contribution in [0.2, 0.25) is 0 Å². The van der Waals surface area contributed by atoms with Crippen molar-refractivity contribution in [1.82, 2.24) is 0 Å². The molecule has 76 valence electrons. The largest absolute Gasteiger partial charge is 0.481 e. The third-order valence-electron chi connectivity index (χ3n) is 1.72. The Morgan fingerprint density at radius 3 is 2.38 bits per heavy atom. The summed E-state index contributed by atoms with van der Waals surface area (Å²) in [5, 5.41) is 16.8. The topological polar surface area (TPSA) is 57.5 Å². The third kappa shape index (κ3) is 11.2. The highest BCUT2D eigenvalue weighted by molar-refractivity contribution is 5.66. The number of rotatable bonds is 8. The lowest BCUT2D eigenvalue weighted by atomic mass is 10.1. The van der Waals surface area contributed by atoms with E-state index < -0.39 is 5.97 Å². The van der Waals surface area contributed by atoms with E-state index in [1.54, 1.807) is 0 Å². The molecule has 0 aliphatic carbocycles. The van der Waals surface area contributed by atoms with E-state index in [0.717, 1.165) is 32.1 Å². The molecule has 0 aromatic carbocycles. The number of carboxylic acid groups (broad SMARTS) is 1. The number of aliphatic carboxylic acids is 1. The second-order valence-electron chi connectivity index (χ2n) is 2.98. The maximum absolute atomic E-state index is 10.1. The number of carboxylic acids is 1. The van der Waals surface area contributed by atoms with Crippen molar-refractivity contribution in [3.05, 3.63) is 12.2 Å². The molecule has 3 heteroatoms. The zero-order chi connectivity index (χ0) is 9.94.